The molecule has 0 aliphatic heterocycles. The molecule has 2 aromatic rings. The second-order valence-corrected chi connectivity index (χ2v) is 3.42. The van der Waals surface area contributed by atoms with Crippen molar-refractivity contribution < 1.29 is 4.52 Å². The number of nitrogen functional groups attached to an aromatic ring is 1. The van der Waals surface area contributed by atoms with Crippen molar-refractivity contribution in [1.82, 2.24) is 5.16 Å². The summed E-state index contributed by atoms with van der Waals surface area (Å²) in [5.74, 6) is 0. The number of anilines is 2. The molecule has 4 heteroatoms. The van der Waals surface area contributed by atoms with Crippen LogP contribution in [0.4, 0.5) is 11.4 Å². The molecular formula is C11H13N3O. The van der Waals surface area contributed by atoms with Gasteiger partial charge in [-0.3, -0.25) is 0 Å². The van der Waals surface area contributed by atoms with E-state index in [0.717, 1.165) is 22.6 Å². The van der Waals surface area contributed by atoms with Gasteiger partial charge in [0, 0.05) is 17.4 Å². The highest BCUT2D eigenvalue weighted by atomic mass is 16.5. The zero-order chi connectivity index (χ0) is 10.7. The molecule has 0 atom stereocenters. The maximum Gasteiger partial charge on any atom is 0.124 e. The predicted octanol–water partition coefficient (Wildman–Crippen LogP) is 2.18. The van der Waals surface area contributed by atoms with Crippen LogP contribution in [0.1, 0.15) is 11.3 Å². The predicted molar refractivity (Wildman–Crippen MR) is 59.4 cm³/mol. The van der Waals surface area contributed by atoms with Gasteiger partial charge in [0.05, 0.1) is 6.54 Å². The van der Waals surface area contributed by atoms with E-state index in [4.69, 9.17) is 10.3 Å². The van der Waals surface area contributed by atoms with Crippen molar-refractivity contribution in [2.75, 3.05) is 11.1 Å². The van der Waals surface area contributed by atoms with Crippen molar-refractivity contribution in [1.29, 1.82) is 0 Å². The zero-order valence-corrected chi connectivity index (χ0v) is 8.53. The lowest BCUT2D eigenvalue weighted by Crippen LogP contribution is -2.01. The summed E-state index contributed by atoms with van der Waals surface area (Å²) >= 11 is 0. The number of rotatable bonds is 3. The summed E-state index contributed by atoms with van der Waals surface area (Å²) in [6.45, 7) is 2.67. The molecule has 0 aliphatic carbocycles. The molecule has 1 heterocycles. The first kappa shape index (κ1) is 9.58. The van der Waals surface area contributed by atoms with Gasteiger partial charge in [0.15, 0.2) is 0 Å². The van der Waals surface area contributed by atoms with Crippen LogP contribution >= 0.6 is 0 Å². The number of aromatic nitrogens is 1. The minimum Gasteiger partial charge on any atom is -0.399 e. The molecule has 0 bridgehead atoms. The minimum absolute atomic E-state index is 0.640. The lowest BCUT2D eigenvalue weighted by Gasteiger charge is -2.08. The standard InChI is InChI=1S/C11H13N3O/c1-8-2-3-9(12)6-11(8)13-7-10-4-5-15-14-10/h2-6,13H,7,12H2,1H3. The van der Waals surface area contributed by atoms with Crippen LogP contribution in [0.25, 0.3) is 0 Å². The first-order valence-electron chi connectivity index (χ1n) is 4.75. The molecule has 0 saturated heterocycles. The van der Waals surface area contributed by atoms with E-state index in [9.17, 15) is 0 Å². The molecule has 1 aromatic carbocycles. The molecule has 3 N–H and O–H groups in total. The Morgan fingerprint density at radius 3 is 3.00 bits per heavy atom. The van der Waals surface area contributed by atoms with Gasteiger partial charge in [0.1, 0.15) is 12.0 Å². The fraction of sp³-hybridized carbons (Fsp3) is 0.182. The van der Waals surface area contributed by atoms with Gasteiger partial charge in [0.2, 0.25) is 0 Å². The van der Waals surface area contributed by atoms with E-state index in [1.165, 1.54) is 0 Å². The highest BCUT2D eigenvalue weighted by Gasteiger charge is 2.00. The molecule has 0 fully saturated rings. The maximum absolute atomic E-state index is 5.70. The van der Waals surface area contributed by atoms with Crippen LogP contribution in [0.3, 0.4) is 0 Å². The second kappa shape index (κ2) is 4.04. The van der Waals surface area contributed by atoms with Gasteiger partial charge in [-0.1, -0.05) is 11.2 Å². The normalized spacial score (nSPS) is 10.2. The number of benzene rings is 1. The van der Waals surface area contributed by atoms with Crippen molar-refractivity contribution in [3.8, 4) is 0 Å². The molecule has 4 nitrogen and oxygen atoms in total. The molecule has 78 valence electrons. The Morgan fingerprint density at radius 2 is 2.27 bits per heavy atom. The second-order valence-electron chi connectivity index (χ2n) is 3.42. The molecule has 0 aliphatic rings. The Labute approximate surface area is 88.1 Å². The van der Waals surface area contributed by atoms with Crippen LogP contribution in [0.15, 0.2) is 35.1 Å². The van der Waals surface area contributed by atoms with Gasteiger partial charge in [-0.2, -0.15) is 0 Å². The van der Waals surface area contributed by atoms with Crippen LogP contribution in [0.2, 0.25) is 0 Å². The summed E-state index contributed by atoms with van der Waals surface area (Å²) in [4.78, 5) is 0. The number of hydrogen-bond donors (Lipinski definition) is 2. The van der Waals surface area contributed by atoms with E-state index in [1.54, 1.807) is 6.26 Å². The monoisotopic (exact) mass is 203 g/mol. The van der Waals surface area contributed by atoms with Gasteiger partial charge >= 0.3 is 0 Å². The summed E-state index contributed by atoms with van der Waals surface area (Å²) in [5.41, 5.74) is 9.51. The topological polar surface area (TPSA) is 64.1 Å². The van der Waals surface area contributed by atoms with E-state index in [2.05, 4.69) is 10.5 Å². The smallest absolute Gasteiger partial charge is 0.124 e. The van der Waals surface area contributed by atoms with E-state index >= 15 is 0 Å². The molecule has 0 radical (unpaired) electrons. The fourth-order valence-corrected chi connectivity index (χ4v) is 1.34. The van der Waals surface area contributed by atoms with Crippen molar-refractivity contribution in [3.05, 3.63) is 41.8 Å². The third-order valence-electron chi connectivity index (χ3n) is 2.21. The molecule has 15 heavy (non-hydrogen) atoms. The van der Waals surface area contributed by atoms with E-state index in [-0.39, 0.29) is 0 Å². The summed E-state index contributed by atoms with van der Waals surface area (Å²) < 4.78 is 4.74. The summed E-state index contributed by atoms with van der Waals surface area (Å²) in [6.07, 6.45) is 1.56. The quantitative estimate of drug-likeness (QED) is 0.750. The van der Waals surface area contributed by atoms with Crippen LogP contribution in [0.5, 0.6) is 0 Å². The third-order valence-corrected chi connectivity index (χ3v) is 2.21. The summed E-state index contributed by atoms with van der Waals surface area (Å²) in [6, 6.07) is 7.61. The highest BCUT2D eigenvalue weighted by molar-refractivity contribution is 5.59. The Morgan fingerprint density at radius 1 is 1.40 bits per heavy atom. The number of nitrogens with one attached hydrogen (secondary N) is 1. The molecule has 2 rings (SSSR count). The number of hydrogen-bond acceptors (Lipinski definition) is 4. The van der Waals surface area contributed by atoms with Gasteiger partial charge in [-0.15, -0.1) is 0 Å². The van der Waals surface area contributed by atoms with Crippen LogP contribution in [0, 0.1) is 6.92 Å². The van der Waals surface area contributed by atoms with Crippen molar-refractivity contribution >= 4 is 11.4 Å². The lowest BCUT2D eigenvalue weighted by molar-refractivity contribution is 0.412. The number of nitrogens with two attached hydrogens (primary N) is 1. The number of nitrogens with zero attached hydrogens (tertiary/aromatic N) is 1. The molecule has 0 saturated carbocycles. The Hall–Kier alpha value is -1.97. The van der Waals surface area contributed by atoms with Crippen molar-refractivity contribution in [3.63, 3.8) is 0 Å². The lowest BCUT2D eigenvalue weighted by atomic mass is 10.2. The van der Waals surface area contributed by atoms with Crippen LogP contribution < -0.4 is 11.1 Å². The van der Waals surface area contributed by atoms with Crippen LogP contribution in [-0.2, 0) is 6.54 Å². The molecule has 0 unspecified atom stereocenters. The van der Waals surface area contributed by atoms with E-state index < -0.39 is 0 Å². The van der Waals surface area contributed by atoms with Crippen molar-refractivity contribution in [2.45, 2.75) is 13.5 Å². The van der Waals surface area contributed by atoms with Crippen LogP contribution in [-0.4, -0.2) is 5.16 Å². The maximum atomic E-state index is 5.70. The Bertz CT molecular complexity index is 437. The zero-order valence-electron chi connectivity index (χ0n) is 8.53. The SMILES string of the molecule is Cc1ccc(N)cc1NCc1ccon1. The van der Waals surface area contributed by atoms with Gasteiger partial charge in [-0.05, 0) is 24.6 Å². The molecule has 0 amide bonds. The molecule has 1 aromatic heterocycles. The van der Waals surface area contributed by atoms with Gasteiger partial charge in [0.25, 0.3) is 0 Å². The summed E-state index contributed by atoms with van der Waals surface area (Å²) in [7, 11) is 0. The number of aryl methyl sites for hydroxylation is 1. The molecule has 0 spiro atoms. The average Bonchev–Trinajstić information content (AvgIpc) is 2.72. The first-order valence-corrected chi connectivity index (χ1v) is 4.75. The van der Waals surface area contributed by atoms with Gasteiger partial charge in [-0.25, -0.2) is 0 Å². The molecular weight excluding hydrogens is 190 g/mol. The average molecular weight is 203 g/mol. The summed E-state index contributed by atoms with van der Waals surface area (Å²) in [5, 5.41) is 7.07. The Balaban J connectivity index is 2.07. The first-order chi connectivity index (χ1) is 7.25. The van der Waals surface area contributed by atoms with Gasteiger partial charge < -0.3 is 15.6 Å². The largest absolute Gasteiger partial charge is 0.399 e. The Kier molecular flexibility index (Phi) is 2.58. The highest BCUT2D eigenvalue weighted by Crippen LogP contribution is 2.18. The minimum atomic E-state index is 0.640. The third kappa shape index (κ3) is 2.28. The van der Waals surface area contributed by atoms with E-state index in [0.29, 0.717) is 6.54 Å². The van der Waals surface area contributed by atoms with Crippen molar-refractivity contribution in [2.24, 2.45) is 0 Å². The van der Waals surface area contributed by atoms with E-state index in [1.807, 2.05) is 31.2 Å². The fourth-order valence-electron chi connectivity index (χ4n) is 1.34.